The number of aromatic nitrogens is 4. The Labute approximate surface area is 168 Å². The zero-order valence-electron chi connectivity index (χ0n) is 16.5. The SMILES string of the molecule is CCOc1cnc2c(-c3ccc(C)cn3)c(-c3ccnc(NC(C)=O)c3)[nH]c2c1. The summed E-state index contributed by atoms with van der Waals surface area (Å²) in [5.41, 5.74) is 6.16. The van der Waals surface area contributed by atoms with Gasteiger partial charge >= 0.3 is 0 Å². The first-order chi connectivity index (χ1) is 14.0. The molecule has 1 amide bonds. The number of anilines is 1. The van der Waals surface area contributed by atoms with Crippen LogP contribution in [0.1, 0.15) is 19.4 Å². The van der Waals surface area contributed by atoms with Crippen molar-refractivity contribution in [2.24, 2.45) is 0 Å². The number of carbonyl (C=O) groups excluding carboxylic acids is 1. The highest BCUT2D eigenvalue weighted by molar-refractivity contribution is 6.01. The molecular weight excluding hydrogens is 366 g/mol. The van der Waals surface area contributed by atoms with Gasteiger partial charge in [-0.2, -0.15) is 0 Å². The number of ether oxygens (including phenoxy) is 1. The van der Waals surface area contributed by atoms with E-state index in [1.54, 1.807) is 12.4 Å². The molecule has 4 rings (SSSR count). The number of pyridine rings is 3. The third-order valence-electron chi connectivity index (χ3n) is 4.44. The van der Waals surface area contributed by atoms with E-state index in [0.717, 1.165) is 39.1 Å². The normalized spacial score (nSPS) is 10.9. The van der Waals surface area contributed by atoms with Crippen LogP contribution in [-0.4, -0.2) is 32.4 Å². The zero-order chi connectivity index (χ0) is 20.4. The largest absolute Gasteiger partial charge is 0.492 e. The van der Waals surface area contributed by atoms with Crippen LogP contribution < -0.4 is 10.1 Å². The van der Waals surface area contributed by atoms with Crippen LogP contribution in [-0.2, 0) is 4.79 Å². The number of carbonyl (C=O) groups is 1. The van der Waals surface area contributed by atoms with Crippen molar-refractivity contribution in [3.8, 4) is 28.3 Å². The molecule has 4 aromatic heterocycles. The summed E-state index contributed by atoms with van der Waals surface area (Å²) in [5.74, 6) is 1.01. The topological polar surface area (TPSA) is 92.8 Å². The maximum atomic E-state index is 11.4. The third kappa shape index (κ3) is 3.80. The van der Waals surface area contributed by atoms with Crippen molar-refractivity contribution >= 4 is 22.8 Å². The third-order valence-corrected chi connectivity index (χ3v) is 4.44. The van der Waals surface area contributed by atoms with Gasteiger partial charge in [0.25, 0.3) is 0 Å². The van der Waals surface area contributed by atoms with Crippen molar-refractivity contribution in [3.05, 3.63) is 54.5 Å². The molecule has 0 fully saturated rings. The van der Waals surface area contributed by atoms with Crippen molar-refractivity contribution < 1.29 is 9.53 Å². The maximum absolute atomic E-state index is 11.4. The number of aromatic amines is 1. The predicted molar refractivity (Wildman–Crippen MR) is 113 cm³/mol. The molecule has 0 bridgehead atoms. The van der Waals surface area contributed by atoms with Crippen LogP contribution in [0.15, 0.2) is 48.9 Å². The minimum absolute atomic E-state index is 0.172. The van der Waals surface area contributed by atoms with Gasteiger partial charge < -0.3 is 15.0 Å². The molecule has 0 aliphatic carbocycles. The molecule has 0 saturated heterocycles. The molecule has 2 N–H and O–H groups in total. The summed E-state index contributed by atoms with van der Waals surface area (Å²) in [6, 6.07) is 9.65. The Morgan fingerprint density at radius 3 is 2.72 bits per heavy atom. The first kappa shape index (κ1) is 18.6. The van der Waals surface area contributed by atoms with E-state index in [0.29, 0.717) is 18.2 Å². The van der Waals surface area contributed by atoms with Gasteiger partial charge in [0.2, 0.25) is 5.91 Å². The predicted octanol–water partition coefficient (Wildman–Crippen LogP) is 4.35. The summed E-state index contributed by atoms with van der Waals surface area (Å²) < 4.78 is 5.60. The second kappa shape index (κ2) is 7.71. The summed E-state index contributed by atoms with van der Waals surface area (Å²) in [7, 11) is 0. The fraction of sp³-hybridized carbons (Fsp3) is 0.182. The first-order valence-electron chi connectivity index (χ1n) is 9.36. The average Bonchev–Trinajstić information content (AvgIpc) is 3.07. The van der Waals surface area contributed by atoms with Crippen LogP contribution >= 0.6 is 0 Å². The molecule has 7 nitrogen and oxygen atoms in total. The lowest BCUT2D eigenvalue weighted by Gasteiger charge is -2.07. The standard InChI is InChI=1S/C22H21N5O2/c1-4-29-16-10-18-22(25-12-16)20(17-6-5-13(2)11-24-17)21(27-18)15-7-8-23-19(9-15)26-14(3)28/h5-12,27H,4H2,1-3H3,(H,23,26,28). The lowest BCUT2D eigenvalue weighted by Crippen LogP contribution is -2.07. The van der Waals surface area contributed by atoms with E-state index in [1.807, 2.05) is 50.4 Å². The fourth-order valence-corrected chi connectivity index (χ4v) is 3.22. The van der Waals surface area contributed by atoms with Crippen LogP contribution in [0.5, 0.6) is 5.75 Å². The Balaban J connectivity index is 1.93. The quantitative estimate of drug-likeness (QED) is 0.531. The molecule has 0 spiro atoms. The lowest BCUT2D eigenvalue weighted by atomic mass is 10.0. The number of hydrogen-bond donors (Lipinski definition) is 2. The zero-order valence-corrected chi connectivity index (χ0v) is 16.5. The van der Waals surface area contributed by atoms with E-state index < -0.39 is 0 Å². The molecule has 0 atom stereocenters. The van der Waals surface area contributed by atoms with Gasteiger partial charge in [-0.25, -0.2) is 4.98 Å². The average molecular weight is 387 g/mol. The fourth-order valence-electron chi connectivity index (χ4n) is 3.22. The maximum Gasteiger partial charge on any atom is 0.222 e. The van der Waals surface area contributed by atoms with Gasteiger partial charge in [-0.15, -0.1) is 0 Å². The molecule has 7 heteroatoms. The van der Waals surface area contributed by atoms with E-state index in [1.165, 1.54) is 6.92 Å². The van der Waals surface area contributed by atoms with E-state index >= 15 is 0 Å². The smallest absolute Gasteiger partial charge is 0.222 e. The first-order valence-corrected chi connectivity index (χ1v) is 9.36. The molecule has 4 aromatic rings. The van der Waals surface area contributed by atoms with Crippen LogP contribution in [0.2, 0.25) is 0 Å². The van der Waals surface area contributed by atoms with Gasteiger partial charge in [-0.1, -0.05) is 6.07 Å². The van der Waals surface area contributed by atoms with Gasteiger partial charge in [0.15, 0.2) is 0 Å². The van der Waals surface area contributed by atoms with Crippen molar-refractivity contribution in [2.45, 2.75) is 20.8 Å². The van der Waals surface area contributed by atoms with E-state index in [2.05, 4.69) is 25.3 Å². The van der Waals surface area contributed by atoms with Crippen LogP contribution in [0.4, 0.5) is 5.82 Å². The Kier molecular flexibility index (Phi) is 4.95. The number of fused-ring (bicyclic) bond motifs is 1. The molecule has 0 saturated carbocycles. The Bertz CT molecular complexity index is 1180. The molecule has 0 unspecified atom stereocenters. The van der Waals surface area contributed by atoms with Crippen molar-refractivity contribution in [3.63, 3.8) is 0 Å². The highest BCUT2D eigenvalue weighted by Crippen LogP contribution is 2.37. The number of hydrogen-bond acceptors (Lipinski definition) is 5. The molecule has 0 radical (unpaired) electrons. The Morgan fingerprint density at radius 1 is 1.14 bits per heavy atom. The summed E-state index contributed by atoms with van der Waals surface area (Å²) in [6.07, 6.45) is 5.22. The van der Waals surface area contributed by atoms with E-state index in [9.17, 15) is 4.79 Å². The van der Waals surface area contributed by atoms with Crippen LogP contribution in [0.25, 0.3) is 33.5 Å². The van der Waals surface area contributed by atoms with Crippen molar-refractivity contribution in [2.75, 3.05) is 11.9 Å². The van der Waals surface area contributed by atoms with E-state index in [-0.39, 0.29) is 5.91 Å². The molecule has 0 aliphatic heterocycles. The van der Waals surface area contributed by atoms with Crippen LogP contribution in [0, 0.1) is 6.92 Å². The number of rotatable bonds is 5. The van der Waals surface area contributed by atoms with Gasteiger partial charge in [-0.05, 0) is 37.6 Å². The minimum Gasteiger partial charge on any atom is -0.492 e. The van der Waals surface area contributed by atoms with Gasteiger partial charge in [0.1, 0.15) is 11.6 Å². The molecule has 0 aromatic carbocycles. The monoisotopic (exact) mass is 387 g/mol. The second-order valence-corrected chi connectivity index (χ2v) is 6.71. The summed E-state index contributed by atoms with van der Waals surface area (Å²) >= 11 is 0. The van der Waals surface area contributed by atoms with Crippen molar-refractivity contribution in [1.29, 1.82) is 0 Å². The van der Waals surface area contributed by atoms with Gasteiger partial charge in [0, 0.05) is 30.9 Å². The number of H-pyrrole nitrogens is 1. The molecule has 0 aliphatic rings. The minimum atomic E-state index is -0.172. The van der Waals surface area contributed by atoms with Crippen molar-refractivity contribution in [1.82, 2.24) is 19.9 Å². The summed E-state index contributed by atoms with van der Waals surface area (Å²) in [4.78, 5) is 28.3. The summed E-state index contributed by atoms with van der Waals surface area (Å²) in [6.45, 7) is 5.96. The lowest BCUT2D eigenvalue weighted by molar-refractivity contribution is -0.114. The molecule has 146 valence electrons. The van der Waals surface area contributed by atoms with Crippen LogP contribution in [0.3, 0.4) is 0 Å². The molecule has 29 heavy (non-hydrogen) atoms. The number of amides is 1. The van der Waals surface area contributed by atoms with Gasteiger partial charge in [0.05, 0.1) is 40.8 Å². The molecular formula is C22H21N5O2. The van der Waals surface area contributed by atoms with E-state index in [4.69, 9.17) is 4.74 Å². The highest BCUT2D eigenvalue weighted by atomic mass is 16.5. The van der Waals surface area contributed by atoms with Gasteiger partial charge in [-0.3, -0.25) is 14.8 Å². The second-order valence-electron chi connectivity index (χ2n) is 6.71. The Morgan fingerprint density at radius 2 is 2.00 bits per heavy atom. The molecule has 4 heterocycles. The Hall–Kier alpha value is -3.74. The highest BCUT2D eigenvalue weighted by Gasteiger charge is 2.18. The summed E-state index contributed by atoms with van der Waals surface area (Å²) in [5, 5.41) is 2.73. The number of nitrogens with one attached hydrogen (secondary N) is 2. The number of nitrogens with zero attached hydrogens (tertiary/aromatic N) is 3. The number of aryl methyl sites for hydroxylation is 1.